The third-order valence-corrected chi connectivity index (χ3v) is 9.36. The molecule has 3 heterocycles. The number of benzene rings is 1. The minimum Gasteiger partial charge on any atom is -0.465 e. The fourth-order valence-electron chi connectivity index (χ4n) is 7.32. The number of nitrogens with zero attached hydrogens (tertiary/aromatic N) is 4. The molecule has 2 amide bonds. The zero-order chi connectivity index (χ0) is 27.4. The van der Waals surface area contributed by atoms with Gasteiger partial charge < -0.3 is 10.0 Å². The highest BCUT2D eigenvalue weighted by atomic mass is 16.4. The molecular formula is C32H44N4O3. The number of carboxylic acid groups (broad SMARTS) is 1. The third kappa shape index (κ3) is 6.29. The maximum Gasteiger partial charge on any atom is 0.412 e. The van der Waals surface area contributed by atoms with Gasteiger partial charge in [0.25, 0.3) is 5.91 Å². The van der Waals surface area contributed by atoms with Gasteiger partial charge >= 0.3 is 6.09 Å². The number of anilines is 1. The number of hydrogen-bond acceptors (Lipinski definition) is 4. The molecule has 4 aliphatic rings. The molecule has 6 rings (SSSR count). The van der Waals surface area contributed by atoms with Gasteiger partial charge in [-0.2, -0.15) is 0 Å². The quantitative estimate of drug-likeness (QED) is 0.511. The van der Waals surface area contributed by atoms with E-state index in [0.717, 1.165) is 74.4 Å². The van der Waals surface area contributed by atoms with Gasteiger partial charge in [-0.15, -0.1) is 0 Å². The van der Waals surface area contributed by atoms with Gasteiger partial charge in [-0.1, -0.05) is 50.3 Å². The molecule has 39 heavy (non-hydrogen) atoms. The highest BCUT2D eigenvalue weighted by Crippen LogP contribution is 2.37. The molecule has 0 radical (unpaired) electrons. The molecule has 7 heteroatoms. The second-order valence-corrected chi connectivity index (χ2v) is 12.0. The smallest absolute Gasteiger partial charge is 0.412 e. The SMILES string of the molecule is C1CCCC1.Cc1ccnc(C)c1C(=O)N1CC2CN(C3CCCC(N(C(=O)O)c4ccccc4)C3)CC2C1. The van der Waals surface area contributed by atoms with Crippen molar-refractivity contribution in [2.45, 2.75) is 83.7 Å². The number of pyridine rings is 1. The fourth-order valence-corrected chi connectivity index (χ4v) is 7.32. The maximum absolute atomic E-state index is 13.2. The van der Waals surface area contributed by atoms with Crippen molar-refractivity contribution in [2.75, 3.05) is 31.1 Å². The number of fused-ring (bicyclic) bond motifs is 1. The number of carbonyl (C=O) groups is 2. The minimum atomic E-state index is -0.870. The van der Waals surface area contributed by atoms with Gasteiger partial charge in [-0.3, -0.25) is 19.6 Å². The molecule has 2 saturated carbocycles. The highest BCUT2D eigenvalue weighted by Gasteiger charge is 2.45. The van der Waals surface area contributed by atoms with Gasteiger partial charge in [0.15, 0.2) is 0 Å². The van der Waals surface area contributed by atoms with E-state index in [1.54, 1.807) is 11.1 Å². The van der Waals surface area contributed by atoms with Crippen molar-refractivity contribution in [1.82, 2.24) is 14.8 Å². The van der Waals surface area contributed by atoms with Crippen LogP contribution in [0.5, 0.6) is 0 Å². The van der Waals surface area contributed by atoms with Crippen LogP contribution in [-0.2, 0) is 0 Å². The molecule has 4 fully saturated rings. The first-order chi connectivity index (χ1) is 18.9. The molecule has 4 unspecified atom stereocenters. The fraction of sp³-hybridized carbons (Fsp3) is 0.594. The molecule has 2 aliphatic carbocycles. The van der Waals surface area contributed by atoms with Crippen molar-refractivity contribution < 1.29 is 14.7 Å². The molecule has 4 atom stereocenters. The lowest BCUT2D eigenvalue weighted by Crippen LogP contribution is -2.48. The van der Waals surface area contributed by atoms with E-state index in [1.807, 2.05) is 55.1 Å². The Bertz CT molecular complexity index is 1090. The first-order valence-electron chi connectivity index (χ1n) is 14.9. The molecule has 0 spiro atoms. The van der Waals surface area contributed by atoms with E-state index in [1.165, 1.54) is 32.1 Å². The predicted molar refractivity (Wildman–Crippen MR) is 154 cm³/mol. The van der Waals surface area contributed by atoms with Crippen molar-refractivity contribution in [1.29, 1.82) is 0 Å². The van der Waals surface area contributed by atoms with Crippen molar-refractivity contribution in [3.8, 4) is 0 Å². The van der Waals surface area contributed by atoms with Crippen LogP contribution in [0.2, 0.25) is 0 Å². The maximum atomic E-state index is 13.2. The van der Waals surface area contributed by atoms with Crippen LogP contribution in [0.15, 0.2) is 42.6 Å². The Labute approximate surface area is 233 Å². The molecule has 2 aromatic rings. The highest BCUT2D eigenvalue weighted by molar-refractivity contribution is 5.96. The molecule has 1 aromatic carbocycles. The first-order valence-corrected chi connectivity index (χ1v) is 14.9. The second kappa shape index (κ2) is 12.5. The summed E-state index contributed by atoms with van der Waals surface area (Å²) in [5, 5.41) is 9.95. The van der Waals surface area contributed by atoms with Gasteiger partial charge in [-0.25, -0.2) is 4.79 Å². The molecule has 1 N–H and O–H groups in total. The van der Waals surface area contributed by atoms with Crippen LogP contribution in [0.4, 0.5) is 10.5 Å². The van der Waals surface area contributed by atoms with Crippen LogP contribution in [0.3, 0.4) is 0 Å². The lowest BCUT2D eigenvalue weighted by atomic mass is 9.88. The van der Waals surface area contributed by atoms with Gasteiger partial charge in [0.05, 0.1) is 11.3 Å². The summed E-state index contributed by atoms with van der Waals surface area (Å²) in [5.74, 6) is 1.10. The van der Waals surface area contributed by atoms with Crippen LogP contribution in [-0.4, -0.2) is 70.2 Å². The van der Waals surface area contributed by atoms with Crippen LogP contribution < -0.4 is 4.90 Å². The number of likely N-dealkylation sites (tertiary alicyclic amines) is 2. The summed E-state index contributed by atoms with van der Waals surface area (Å²) in [6.07, 6.45) is 12.3. The Hall–Kier alpha value is -2.93. The normalized spacial score (nSPS) is 26.6. The summed E-state index contributed by atoms with van der Waals surface area (Å²) >= 11 is 0. The van der Waals surface area contributed by atoms with E-state index >= 15 is 0 Å². The van der Waals surface area contributed by atoms with Crippen molar-refractivity contribution in [3.63, 3.8) is 0 Å². The zero-order valence-electron chi connectivity index (χ0n) is 23.6. The molecule has 0 bridgehead atoms. The van der Waals surface area contributed by atoms with Gasteiger partial charge in [0.1, 0.15) is 0 Å². The average Bonchev–Trinajstić information content (AvgIpc) is 3.69. The molecule has 2 saturated heterocycles. The third-order valence-electron chi connectivity index (χ3n) is 9.36. The number of aryl methyl sites for hydroxylation is 2. The molecular weight excluding hydrogens is 488 g/mol. The van der Waals surface area contributed by atoms with E-state index in [9.17, 15) is 14.7 Å². The molecule has 7 nitrogen and oxygen atoms in total. The monoisotopic (exact) mass is 532 g/mol. The summed E-state index contributed by atoms with van der Waals surface area (Å²) in [4.78, 5) is 35.9. The number of hydrogen-bond donors (Lipinski definition) is 1. The van der Waals surface area contributed by atoms with Gasteiger partial charge in [0, 0.05) is 50.1 Å². The standard InChI is InChI=1S/C27H34N4O3.C5H10/c1-18-11-12-28-19(2)25(18)26(32)30-16-20-14-29(15-21(20)17-30)23-9-6-10-24(13-23)31(27(33)34)22-7-4-3-5-8-22;1-2-4-5-3-1/h3-5,7-8,11-12,20-21,23-24H,6,9-10,13-17H2,1-2H3,(H,33,34);1-5H2. The van der Waals surface area contributed by atoms with Crippen LogP contribution in [0.25, 0.3) is 0 Å². The minimum absolute atomic E-state index is 0.00805. The summed E-state index contributed by atoms with van der Waals surface area (Å²) in [6, 6.07) is 11.8. The Kier molecular flexibility index (Phi) is 8.85. The summed E-state index contributed by atoms with van der Waals surface area (Å²) in [7, 11) is 0. The van der Waals surface area contributed by atoms with Crippen LogP contribution >= 0.6 is 0 Å². The first kappa shape index (κ1) is 27.6. The number of aromatic nitrogens is 1. The molecule has 1 aromatic heterocycles. The van der Waals surface area contributed by atoms with Crippen molar-refractivity contribution in [2.24, 2.45) is 11.8 Å². The van der Waals surface area contributed by atoms with E-state index in [-0.39, 0.29) is 11.9 Å². The van der Waals surface area contributed by atoms with Crippen LogP contribution in [0.1, 0.15) is 79.4 Å². The Morgan fingerprint density at radius 1 is 0.872 bits per heavy atom. The van der Waals surface area contributed by atoms with Crippen LogP contribution in [0, 0.1) is 25.7 Å². The lowest BCUT2D eigenvalue weighted by Gasteiger charge is -2.40. The van der Waals surface area contributed by atoms with Gasteiger partial charge in [-0.05, 0) is 75.1 Å². The largest absolute Gasteiger partial charge is 0.465 e. The van der Waals surface area contributed by atoms with Gasteiger partial charge in [0.2, 0.25) is 0 Å². The summed E-state index contributed by atoms with van der Waals surface area (Å²) in [5.41, 5.74) is 3.31. The lowest BCUT2D eigenvalue weighted by molar-refractivity contribution is 0.0762. The predicted octanol–water partition coefficient (Wildman–Crippen LogP) is 6.15. The van der Waals surface area contributed by atoms with Crippen molar-refractivity contribution >= 4 is 17.7 Å². The number of carbonyl (C=O) groups excluding carboxylic acids is 1. The summed E-state index contributed by atoms with van der Waals surface area (Å²) < 4.78 is 0. The Balaban J connectivity index is 0.000000555. The van der Waals surface area contributed by atoms with E-state index in [2.05, 4.69) is 9.88 Å². The number of amides is 2. The Morgan fingerprint density at radius 2 is 1.51 bits per heavy atom. The Morgan fingerprint density at radius 3 is 2.10 bits per heavy atom. The van der Waals surface area contributed by atoms with E-state index < -0.39 is 6.09 Å². The van der Waals surface area contributed by atoms with E-state index in [0.29, 0.717) is 17.9 Å². The van der Waals surface area contributed by atoms with Crippen molar-refractivity contribution in [3.05, 3.63) is 59.4 Å². The number of rotatable bonds is 4. The number of para-hydroxylation sites is 1. The topological polar surface area (TPSA) is 77.0 Å². The zero-order valence-corrected chi connectivity index (χ0v) is 23.6. The average molecular weight is 533 g/mol. The molecule has 2 aliphatic heterocycles. The second-order valence-electron chi connectivity index (χ2n) is 12.0. The summed E-state index contributed by atoms with van der Waals surface area (Å²) in [6.45, 7) is 7.49. The van der Waals surface area contributed by atoms with E-state index in [4.69, 9.17) is 0 Å². The molecule has 210 valence electrons.